The lowest BCUT2D eigenvalue weighted by Gasteiger charge is -2.41. The second kappa shape index (κ2) is 8.51. The molecule has 0 atom stereocenters. The third-order valence-electron chi connectivity index (χ3n) is 4.02. The van der Waals surface area contributed by atoms with E-state index < -0.39 is 11.9 Å². The molecule has 1 aromatic rings. The van der Waals surface area contributed by atoms with Crippen molar-refractivity contribution in [2.45, 2.75) is 13.3 Å². The van der Waals surface area contributed by atoms with Crippen molar-refractivity contribution >= 4 is 24.0 Å². The minimum Gasteiger partial charge on any atom is -0.459 e. The Morgan fingerprint density at radius 1 is 1.38 bits per heavy atom. The van der Waals surface area contributed by atoms with Gasteiger partial charge in [-0.15, -0.1) is 0 Å². The summed E-state index contributed by atoms with van der Waals surface area (Å²) in [6, 6.07) is 5.47. The molecule has 1 saturated heterocycles. The number of hydrogen-bond acceptors (Lipinski definition) is 6. The van der Waals surface area contributed by atoms with Crippen LogP contribution in [0.2, 0.25) is 0 Å². The molecule has 0 bridgehead atoms. The zero-order valence-corrected chi connectivity index (χ0v) is 13.8. The van der Waals surface area contributed by atoms with Crippen LogP contribution in [0.5, 0.6) is 0 Å². The number of amides is 1. The van der Waals surface area contributed by atoms with Crippen LogP contribution in [0.4, 0.5) is 5.82 Å². The number of carbonyl (C=O) groups is 3. The molecule has 0 saturated carbocycles. The molecule has 0 radical (unpaired) electrons. The van der Waals surface area contributed by atoms with Crippen LogP contribution in [0.1, 0.15) is 13.3 Å². The zero-order chi connectivity index (χ0) is 17.4. The molecule has 0 aromatic carbocycles. The van der Waals surface area contributed by atoms with Crippen molar-refractivity contribution in [2.24, 2.45) is 0 Å². The third kappa shape index (κ3) is 4.36. The lowest BCUT2D eigenvalue weighted by Crippen LogP contribution is -2.70. The van der Waals surface area contributed by atoms with Gasteiger partial charge in [-0.2, -0.15) is 10.0 Å². The molecule has 24 heavy (non-hydrogen) atoms. The molecule has 1 amide bonds. The number of ether oxygens (including phenoxy) is 1. The number of quaternary nitrogens is 1. The fourth-order valence-electron chi connectivity index (χ4n) is 2.75. The number of aromatic nitrogens is 1. The Bertz CT molecular complexity index is 571. The zero-order valence-electron chi connectivity index (χ0n) is 13.8. The summed E-state index contributed by atoms with van der Waals surface area (Å²) < 4.78 is 4.86. The van der Waals surface area contributed by atoms with E-state index in [-0.39, 0.29) is 11.2 Å². The predicted molar refractivity (Wildman–Crippen MR) is 87.7 cm³/mol. The van der Waals surface area contributed by atoms with Gasteiger partial charge in [-0.3, -0.25) is 9.69 Å². The second-order valence-electron chi connectivity index (χ2n) is 5.56. The molecule has 2 heterocycles. The highest BCUT2D eigenvalue weighted by molar-refractivity contribution is 6.32. The van der Waals surface area contributed by atoms with Gasteiger partial charge in [-0.05, 0) is 13.0 Å². The minimum absolute atomic E-state index is 0.0933. The van der Waals surface area contributed by atoms with E-state index in [2.05, 4.69) is 15.3 Å². The van der Waals surface area contributed by atoms with E-state index in [0.717, 1.165) is 6.29 Å². The standard InChI is InChI=1S/C16H22N4O4/c1-2-24-16(23)15(22)18-20(14-6-3-4-7-17-14)11-9-19(10-12-20)8-5-13-21/h3-4,6-7,13H,2,5,8-12H2,1H3/p+1. The van der Waals surface area contributed by atoms with Gasteiger partial charge in [-0.25, -0.2) is 9.78 Å². The number of hydrogen-bond donors (Lipinski definition) is 1. The number of piperazine rings is 1. The summed E-state index contributed by atoms with van der Waals surface area (Å²) in [4.78, 5) is 40.9. The highest BCUT2D eigenvalue weighted by atomic mass is 16.5. The lowest BCUT2D eigenvalue weighted by molar-refractivity contribution is -0.157. The van der Waals surface area contributed by atoms with E-state index in [9.17, 15) is 14.4 Å². The van der Waals surface area contributed by atoms with Crippen molar-refractivity contribution in [3.63, 3.8) is 0 Å². The van der Waals surface area contributed by atoms with Gasteiger partial charge in [0.1, 0.15) is 19.4 Å². The molecule has 2 rings (SSSR count). The molecular formula is C16H23N4O4+. The average molecular weight is 335 g/mol. The Balaban J connectivity index is 2.14. The van der Waals surface area contributed by atoms with Gasteiger partial charge in [0.05, 0.1) is 19.7 Å². The Kier molecular flexibility index (Phi) is 6.39. The summed E-state index contributed by atoms with van der Waals surface area (Å²) in [5.74, 6) is -0.997. The maximum atomic E-state index is 12.1. The first-order valence-corrected chi connectivity index (χ1v) is 8.05. The van der Waals surface area contributed by atoms with Gasteiger partial charge in [0.25, 0.3) is 5.82 Å². The van der Waals surface area contributed by atoms with Crippen molar-refractivity contribution in [3.05, 3.63) is 24.4 Å². The molecule has 8 nitrogen and oxygen atoms in total. The van der Waals surface area contributed by atoms with Crippen LogP contribution in [0.25, 0.3) is 0 Å². The van der Waals surface area contributed by atoms with Crippen molar-refractivity contribution in [2.75, 3.05) is 39.3 Å². The third-order valence-corrected chi connectivity index (χ3v) is 4.02. The van der Waals surface area contributed by atoms with E-state index in [1.807, 2.05) is 12.1 Å². The van der Waals surface area contributed by atoms with Crippen LogP contribution in [0.3, 0.4) is 0 Å². The first-order valence-electron chi connectivity index (χ1n) is 8.05. The van der Waals surface area contributed by atoms with E-state index >= 15 is 0 Å². The average Bonchev–Trinajstić information content (AvgIpc) is 2.62. The normalized spacial score (nSPS) is 17.0. The van der Waals surface area contributed by atoms with Crippen molar-refractivity contribution in [1.29, 1.82) is 0 Å². The highest BCUT2D eigenvalue weighted by Gasteiger charge is 2.40. The Hall–Kier alpha value is -2.32. The summed E-state index contributed by atoms with van der Waals surface area (Å²) >= 11 is 0. The Morgan fingerprint density at radius 2 is 2.12 bits per heavy atom. The number of nitrogens with zero attached hydrogens (tertiary/aromatic N) is 3. The van der Waals surface area contributed by atoms with E-state index in [1.54, 1.807) is 19.2 Å². The number of pyridine rings is 1. The first kappa shape index (κ1) is 18.0. The lowest BCUT2D eigenvalue weighted by atomic mass is 10.2. The van der Waals surface area contributed by atoms with Crippen LogP contribution >= 0.6 is 0 Å². The largest absolute Gasteiger partial charge is 0.459 e. The van der Waals surface area contributed by atoms with E-state index in [0.29, 0.717) is 45.0 Å². The molecule has 0 unspecified atom stereocenters. The van der Waals surface area contributed by atoms with Crippen LogP contribution < -0.4 is 10.0 Å². The molecule has 1 aliphatic heterocycles. The Morgan fingerprint density at radius 3 is 2.71 bits per heavy atom. The summed E-state index contributed by atoms with van der Waals surface area (Å²) in [5.41, 5.74) is 2.78. The van der Waals surface area contributed by atoms with Gasteiger partial charge in [0.2, 0.25) is 0 Å². The van der Waals surface area contributed by atoms with Crippen molar-refractivity contribution in [1.82, 2.24) is 19.9 Å². The smallest absolute Gasteiger partial charge is 0.401 e. The quantitative estimate of drug-likeness (QED) is 0.338. The molecule has 0 aliphatic carbocycles. The second-order valence-corrected chi connectivity index (χ2v) is 5.56. The molecular weight excluding hydrogens is 312 g/mol. The van der Waals surface area contributed by atoms with Gasteiger partial charge in [0.15, 0.2) is 0 Å². The molecule has 130 valence electrons. The van der Waals surface area contributed by atoms with Gasteiger partial charge in [-0.1, -0.05) is 6.07 Å². The van der Waals surface area contributed by atoms with Crippen LogP contribution in [-0.2, 0) is 19.1 Å². The summed E-state index contributed by atoms with van der Waals surface area (Å²) in [7, 11) is 0. The Labute approximate surface area is 141 Å². The van der Waals surface area contributed by atoms with Crippen LogP contribution in [0, 0.1) is 0 Å². The summed E-state index contributed by atoms with van der Waals surface area (Å²) in [6.07, 6.45) is 3.04. The highest BCUT2D eigenvalue weighted by Crippen LogP contribution is 2.20. The first-order chi connectivity index (χ1) is 11.6. The van der Waals surface area contributed by atoms with Gasteiger partial charge in [0, 0.05) is 25.2 Å². The molecule has 8 heteroatoms. The topological polar surface area (TPSA) is 88.6 Å². The van der Waals surface area contributed by atoms with Gasteiger partial charge < -0.3 is 9.53 Å². The summed E-state index contributed by atoms with van der Waals surface area (Å²) in [6.45, 7) is 4.98. The van der Waals surface area contributed by atoms with Gasteiger partial charge >= 0.3 is 11.9 Å². The number of nitrogens with one attached hydrogen (secondary N) is 1. The number of carbonyl (C=O) groups excluding carboxylic acids is 3. The summed E-state index contributed by atoms with van der Waals surface area (Å²) in [5, 5.41) is 0. The number of rotatable bonds is 6. The molecule has 1 fully saturated rings. The molecule has 1 N–H and O–H groups in total. The number of aldehydes is 1. The molecule has 1 aromatic heterocycles. The van der Waals surface area contributed by atoms with Crippen LogP contribution in [0.15, 0.2) is 24.4 Å². The predicted octanol–water partition coefficient (Wildman–Crippen LogP) is -0.112. The SMILES string of the molecule is CCOC(=O)C(=O)N[N+]1(c2ccccn2)CCN(CCC=O)CC1. The maximum absolute atomic E-state index is 12.1. The number of esters is 1. The van der Waals surface area contributed by atoms with E-state index in [1.165, 1.54) is 0 Å². The minimum atomic E-state index is -0.894. The maximum Gasteiger partial charge on any atom is 0.401 e. The van der Waals surface area contributed by atoms with Crippen LogP contribution in [-0.4, -0.2) is 67.4 Å². The van der Waals surface area contributed by atoms with E-state index in [4.69, 9.17) is 4.74 Å². The fraction of sp³-hybridized carbons (Fsp3) is 0.500. The fourth-order valence-corrected chi connectivity index (χ4v) is 2.75. The van der Waals surface area contributed by atoms with Crippen molar-refractivity contribution < 1.29 is 19.1 Å². The monoisotopic (exact) mass is 335 g/mol. The molecule has 0 spiro atoms. The molecule has 1 aliphatic rings. The van der Waals surface area contributed by atoms with Crippen molar-refractivity contribution in [3.8, 4) is 0 Å².